The van der Waals surface area contributed by atoms with E-state index in [4.69, 9.17) is 9.47 Å². The van der Waals surface area contributed by atoms with E-state index >= 15 is 0 Å². The van der Waals surface area contributed by atoms with Crippen LogP contribution in [0.25, 0.3) is 6.08 Å². The average molecular weight is 540 g/mol. The van der Waals surface area contributed by atoms with Crippen LogP contribution in [0.4, 0.5) is 11.4 Å². The van der Waals surface area contributed by atoms with E-state index in [2.05, 4.69) is 66.6 Å². The highest BCUT2D eigenvalue weighted by atomic mass is 16.5. The summed E-state index contributed by atoms with van der Waals surface area (Å²) in [5, 5.41) is 0. The SMILES string of the molecule is C=CC(=O)OCc1ccc(N(C2=C3C=Cc4cccc5c4C3C(=CC5)C=C2)c2ccc(OC(=O)C(=C)C)cc2)cc1. The predicted octanol–water partition coefficient (Wildman–Crippen LogP) is 7.65. The van der Waals surface area contributed by atoms with Crippen molar-refractivity contribution in [3.05, 3.63) is 155 Å². The summed E-state index contributed by atoms with van der Waals surface area (Å²) in [5.41, 5.74) is 10.7. The standard InChI is InChI=1S/C36H29NO4/c1-4-33(38)40-22-24-8-14-28(15-9-24)37(29-16-18-30(19-17-29)41-36(39)23(2)3)32-21-13-27-11-10-25-6-5-7-26-12-20-31(32)35(27)34(25)26/h4-9,11-21,35H,1-2,10,22H2,3H3. The smallest absolute Gasteiger partial charge is 0.338 e. The number of hydrogen-bond acceptors (Lipinski definition) is 5. The van der Waals surface area contributed by atoms with E-state index in [1.165, 1.54) is 27.8 Å². The van der Waals surface area contributed by atoms with Crippen molar-refractivity contribution in [1.82, 2.24) is 0 Å². The minimum atomic E-state index is -0.457. The lowest BCUT2D eigenvalue weighted by Crippen LogP contribution is -2.25. The zero-order chi connectivity index (χ0) is 28.5. The molecule has 0 N–H and O–H groups in total. The van der Waals surface area contributed by atoms with E-state index in [9.17, 15) is 9.59 Å². The Morgan fingerprint density at radius 1 is 0.951 bits per heavy atom. The summed E-state index contributed by atoms with van der Waals surface area (Å²) >= 11 is 0. The number of carbonyl (C=O) groups is 2. The first-order chi connectivity index (χ1) is 19.9. The van der Waals surface area contributed by atoms with Gasteiger partial charge in [0.05, 0.1) is 5.70 Å². The molecule has 5 nitrogen and oxygen atoms in total. The molecule has 0 saturated heterocycles. The summed E-state index contributed by atoms with van der Waals surface area (Å²) in [7, 11) is 0. The van der Waals surface area contributed by atoms with Gasteiger partial charge in [0.1, 0.15) is 12.4 Å². The third kappa shape index (κ3) is 4.98. The lowest BCUT2D eigenvalue weighted by molar-refractivity contribution is -0.139. The van der Waals surface area contributed by atoms with Crippen molar-refractivity contribution in [2.75, 3.05) is 4.90 Å². The molecule has 1 atom stereocenters. The number of rotatable bonds is 8. The molecule has 0 amide bonds. The van der Waals surface area contributed by atoms with E-state index in [0.717, 1.165) is 35.1 Å². The number of allylic oxidation sites excluding steroid dienone is 6. The van der Waals surface area contributed by atoms with Crippen LogP contribution in [0.3, 0.4) is 0 Å². The van der Waals surface area contributed by atoms with Crippen molar-refractivity contribution in [3.8, 4) is 5.75 Å². The van der Waals surface area contributed by atoms with Gasteiger partial charge in [-0.15, -0.1) is 0 Å². The van der Waals surface area contributed by atoms with Crippen LogP contribution in [0.1, 0.15) is 35.1 Å². The van der Waals surface area contributed by atoms with Crippen molar-refractivity contribution >= 4 is 29.4 Å². The Morgan fingerprint density at radius 2 is 1.68 bits per heavy atom. The topological polar surface area (TPSA) is 55.8 Å². The minimum absolute atomic E-state index is 0.163. The molecule has 0 bridgehead atoms. The number of anilines is 2. The van der Waals surface area contributed by atoms with Crippen molar-refractivity contribution < 1.29 is 19.1 Å². The maximum atomic E-state index is 12.1. The first-order valence-electron chi connectivity index (χ1n) is 13.5. The van der Waals surface area contributed by atoms with Gasteiger partial charge in [0, 0.05) is 28.9 Å². The number of ether oxygens (including phenoxy) is 2. The second-order valence-electron chi connectivity index (χ2n) is 10.2. The number of carbonyl (C=O) groups excluding carboxylic acids is 2. The number of nitrogens with zero attached hydrogens (tertiary/aromatic N) is 1. The van der Waals surface area contributed by atoms with Crippen LogP contribution in [0, 0.1) is 0 Å². The second kappa shape index (κ2) is 10.8. The molecule has 0 heterocycles. The van der Waals surface area contributed by atoms with Crippen molar-refractivity contribution in [2.45, 2.75) is 25.9 Å². The van der Waals surface area contributed by atoms with Gasteiger partial charge in [-0.25, -0.2) is 9.59 Å². The first-order valence-corrected chi connectivity index (χ1v) is 13.5. The van der Waals surface area contributed by atoms with Gasteiger partial charge in [-0.2, -0.15) is 0 Å². The van der Waals surface area contributed by atoms with Gasteiger partial charge >= 0.3 is 11.9 Å². The van der Waals surface area contributed by atoms with E-state index in [1.54, 1.807) is 19.1 Å². The monoisotopic (exact) mass is 539 g/mol. The van der Waals surface area contributed by atoms with E-state index in [0.29, 0.717) is 11.3 Å². The Labute approximate surface area is 239 Å². The molecule has 0 fully saturated rings. The third-order valence-corrected chi connectivity index (χ3v) is 7.53. The molecule has 202 valence electrons. The number of hydrogen-bond donors (Lipinski definition) is 0. The fourth-order valence-corrected chi connectivity index (χ4v) is 5.54. The first kappa shape index (κ1) is 26.1. The van der Waals surface area contributed by atoms with Crippen LogP contribution in [-0.2, 0) is 27.4 Å². The van der Waals surface area contributed by atoms with Gasteiger partial charge in [0.25, 0.3) is 0 Å². The van der Waals surface area contributed by atoms with Crippen LogP contribution in [0.5, 0.6) is 5.75 Å². The summed E-state index contributed by atoms with van der Waals surface area (Å²) in [4.78, 5) is 25.8. The van der Waals surface area contributed by atoms with Gasteiger partial charge < -0.3 is 14.4 Å². The molecule has 5 heteroatoms. The van der Waals surface area contributed by atoms with Crippen LogP contribution in [0.15, 0.2) is 133 Å². The Morgan fingerprint density at radius 3 is 2.39 bits per heavy atom. The van der Waals surface area contributed by atoms with Crippen molar-refractivity contribution in [2.24, 2.45) is 0 Å². The quantitative estimate of drug-likeness (QED) is 0.167. The maximum absolute atomic E-state index is 12.1. The van der Waals surface area contributed by atoms with Crippen LogP contribution in [-0.4, -0.2) is 11.9 Å². The molecule has 0 aliphatic heterocycles. The molecule has 3 aliphatic rings. The Hall–Kier alpha value is -5.16. The molecule has 6 rings (SSSR count). The van der Waals surface area contributed by atoms with Crippen LogP contribution >= 0.6 is 0 Å². The van der Waals surface area contributed by atoms with Crippen LogP contribution < -0.4 is 9.64 Å². The molecule has 3 aromatic rings. The highest BCUT2D eigenvalue weighted by molar-refractivity contribution is 5.89. The zero-order valence-corrected chi connectivity index (χ0v) is 22.8. The number of benzene rings is 3. The highest BCUT2D eigenvalue weighted by Gasteiger charge is 2.34. The maximum Gasteiger partial charge on any atom is 0.338 e. The fourth-order valence-electron chi connectivity index (χ4n) is 5.54. The largest absolute Gasteiger partial charge is 0.458 e. The third-order valence-electron chi connectivity index (χ3n) is 7.53. The van der Waals surface area contributed by atoms with E-state index < -0.39 is 11.9 Å². The van der Waals surface area contributed by atoms with Crippen LogP contribution in [0.2, 0.25) is 0 Å². The van der Waals surface area contributed by atoms with Crippen molar-refractivity contribution in [1.29, 1.82) is 0 Å². The zero-order valence-electron chi connectivity index (χ0n) is 22.8. The Kier molecular flexibility index (Phi) is 6.86. The fraction of sp³-hybridized carbons (Fsp3) is 0.111. The lowest BCUT2D eigenvalue weighted by Gasteiger charge is -2.38. The number of esters is 2. The summed E-state index contributed by atoms with van der Waals surface area (Å²) in [6, 6.07) is 22.0. The van der Waals surface area contributed by atoms with E-state index in [1.807, 2.05) is 36.4 Å². The highest BCUT2D eigenvalue weighted by Crippen LogP contribution is 2.49. The molecule has 1 unspecified atom stereocenters. The Bertz CT molecular complexity index is 1700. The minimum Gasteiger partial charge on any atom is -0.458 e. The predicted molar refractivity (Wildman–Crippen MR) is 162 cm³/mol. The molecular formula is C36H29NO4. The second-order valence-corrected chi connectivity index (χ2v) is 10.2. The molecule has 3 aliphatic carbocycles. The van der Waals surface area contributed by atoms with Gasteiger partial charge in [0.15, 0.2) is 0 Å². The summed E-state index contributed by atoms with van der Waals surface area (Å²) in [5.74, 6) is -0.300. The lowest BCUT2D eigenvalue weighted by atomic mass is 9.70. The molecule has 0 radical (unpaired) electrons. The Balaban J connectivity index is 1.43. The van der Waals surface area contributed by atoms with Gasteiger partial charge in [-0.3, -0.25) is 0 Å². The molecule has 3 aromatic carbocycles. The van der Waals surface area contributed by atoms with Gasteiger partial charge in [-0.05, 0) is 89.2 Å². The molecular weight excluding hydrogens is 510 g/mol. The van der Waals surface area contributed by atoms with Crippen molar-refractivity contribution in [3.63, 3.8) is 0 Å². The average Bonchev–Trinajstić information content (AvgIpc) is 3.00. The van der Waals surface area contributed by atoms with Gasteiger partial charge in [0.2, 0.25) is 0 Å². The molecule has 41 heavy (non-hydrogen) atoms. The van der Waals surface area contributed by atoms with Gasteiger partial charge in [-0.1, -0.05) is 67.8 Å². The molecule has 0 aromatic heterocycles. The summed E-state index contributed by atoms with van der Waals surface area (Å²) in [6.45, 7) is 8.91. The summed E-state index contributed by atoms with van der Waals surface area (Å²) < 4.78 is 10.7. The summed E-state index contributed by atoms with van der Waals surface area (Å²) in [6.07, 6.45) is 13.3. The molecule has 0 spiro atoms. The molecule has 0 saturated carbocycles. The van der Waals surface area contributed by atoms with E-state index in [-0.39, 0.29) is 12.5 Å². The normalized spacial score (nSPS) is 15.9.